The molecule has 1 amide bonds. The van der Waals surface area contributed by atoms with Gasteiger partial charge in [-0.25, -0.2) is 23.7 Å². The number of aromatic nitrogens is 2. The minimum atomic E-state index is -5.80. The molecule has 0 bridgehead atoms. The summed E-state index contributed by atoms with van der Waals surface area (Å²) < 4.78 is 94.5. The standard InChI is InChI=1S/C51H68N5O22P3S2/c1-6-54-40-25-23-36(82-76-75-62)29-38(40)50(3,4)44(54)20-12-10-13-21-45-51(5,39-30-37(83(70,71)72)24-26-41(39)55(45)7-2)27-15-19-35(57)18-11-8-9-14-22-46(59)52-28-16-17-34-32-56(49(61)53-48(34)60)47-31-42(58)43(74-47)33-73-80(66,67)78-81(68,69)77-79(63,64)65/h10,12-13,16-17,20-21,23-26,29-30,32,42-43,47,58H,6-9,11,14-15,18-19,22,27-28,31,33H2,1-5H3,(H7-,52,53,59,60,61,62,63,64,65,66,67,68,69,70,71,72)/p+1/b17-16+/t42-,43-,47-,51?/m1/s1. The number of benzene rings is 2. The van der Waals surface area contributed by atoms with Crippen molar-refractivity contribution in [1.29, 1.82) is 0 Å². The fraction of sp³-hybridized carbons (Fsp3) is 0.471. The molecule has 0 spiro atoms. The van der Waals surface area contributed by atoms with Crippen LogP contribution in [0.1, 0.15) is 122 Å². The number of Topliss-reactive ketones (excluding diaryl/α,β-unsaturated/α-hetero) is 1. The SMILES string of the molecule is CCN1/C(=C/C=C/C=C/C2=[N+](CC)c3ccc(SOOO)cc3C2(C)C)C(C)(CCCC(=O)CCCCCCC(=O)NC/C=C/c2cn([C@H]3C[C@@H](O)[C@@H](COP(=O)(O)OP(=O)(O)OP(=O)(O)O)O3)c(=O)[nH]c2=O)c2cc(S(=O)(=O)O)ccc21. The van der Waals surface area contributed by atoms with Crippen molar-refractivity contribution in [1.82, 2.24) is 14.9 Å². The van der Waals surface area contributed by atoms with E-state index < -0.39 is 75.3 Å². The molecule has 3 unspecified atom stereocenters. The Bertz CT molecular complexity index is 3430. The molecule has 83 heavy (non-hydrogen) atoms. The summed E-state index contributed by atoms with van der Waals surface area (Å²) in [6, 6.07) is 10.5. The number of phosphoric acid groups is 3. The summed E-state index contributed by atoms with van der Waals surface area (Å²) in [6.45, 7) is 10.7. The van der Waals surface area contributed by atoms with Gasteiger partial charge in [-0.15, -0.1) is 4.33 Å². The average molecular weight is 1260 g/mol. The summed E-state index contributed by atoms with van der Waals surface area (Å²) in [7, 11) is -21.5. The van der Waals surface area contributed by atoms with E-state index in [1.54, 1.807) is 6.07 Å². The second-order valence-corrected chi connectivity index (χ2v) is 26.9. The van der Waals surface area contributed by atoms with Crippen LogP contribution in [-0.2, 0) is 71.5 Å². The van der Waals surface area contributed by atoms with Crippen LogP contribution >= 0.6 is 35.5 Å². The summed E-state index contributed by atoms with van der Waals surface area (Å²) in [5.41, 5.74) is 2.80. The third-order valence-corrected chi connectivity index (χ3v) is 19.4. The van der Waals surface area contributed by atoms with Crippen LogP contribution < -0.4 is 21.5 Å². The molecular weight excluding hydrogens is 1190 g/mol. The molecule has 1 fully saturated rings. The number of aromatic amines is 1. The maximum atomic E-state index is 13.2. The number of H-pyrrole nitrogens is 1. The highest BCUT2D eigenvalue weighted by atomic mass is 32.2. The monoisotopic (exact) mass is 1260 g/mol. The Morgan fingerprint density at radius 2 is 1.63 bits per heavy atom. The lowest BCUT2D eigenvalue weighted by atomic mass is 9.77. The summed E-state index contributed by atoms with van der Waals surface area (Å²) in [5.74, 6) is -0.198. The van der Waals surface area contributed by atoms with Gasteiger partial charge in [0.2, 0.25) is 11.6 Å². The summed E-state index contributed by atoms with van der Waals surface area (Å²) in [6.07, 6.45) is 13.8. The van der Waals surface area contributed by atoms with Gasteiger partial charge in [-0.2, -0.15) is 21.6 Å². The molecule has 0 aliphatic carbocycles. The molecule has 456 valence electrons. The fourth-order valence-corrected chi connectivity index (χ4v) is 14.2. The Morgan fingerprint density at radius 3 is 2.30 bits per heavy atom. The Hall–Kier alpha value is -4.84. The molecule has 3 aliphatic heterocycles. The van der Waals surface area contributed by atoms with E-state index >= 15 is 0 Å². The lowest BCUT2D eigenvalue weighted by molar-refractivity contribution is -0.433. The van der Waals surface area contributed by atoms with E-state index in [0.29, 0.717) is 57.9 Å². The topological polar surface area (TPSA) is 390 Å². The number of ketones is 1. The van der Waals surface area contributed by atoms with E-state index in [9.17, 15) is 60.7 Å². The molecule has 4 heterocycles. The van der Waals surface area contributed by atoms with Crippen molar-refractivity contribution in [3.8, 4) is 0 Å². The van der Waals surface area contributed by atoms with E-state index in [4.69, 9.17) is 19.8 Å². The van der Waals surface area contributed by atoms with Crippen LogP contribution in [-0.4, -0.2) is 113 Å². The maximum absolute atomic E-state index is 13.2. The van der Waals surface area contributed by atoms with Gasteiger partial charge in [-0.3, -0.25) is 33.0 Å². The normalized spacial score (nSPS) is 21.8. The van der Waals surface area contributed by atoms with Crippen LogP contribution in [0.4, 0.5) is 11.4 Å². The van der Waals surface area contributed by atoms with Crippen molar-refractivity contribution in [2.24, 2.45) is 0 Å². The average Bonchev–Trinajstić information content (AvgIpc) is 1.89. The number of rotatable bonds is 31. The zero-order valence-corrected chi connectivity index (χ0v) is 50.3. The number of allylic oxidation sites excluding steroid dienone is 6. The van der Waals surface area contributed by atoms with Crippen LogP contribution in [0.3, 0.4) is 0 Å². The van der Waals surface area contributed by atoms with Gasteiger partial charge in [0.1, 0.15) is 24.7 Å². The number of fused-ring (bicyclic) bond motifs is 2. The number of hydrogen-bond acceptors (Lipinski definition) is 19. The number of nitrogens with zero attached hydrogens (tertiary/aromatic N) is 3. The smallest absolute Gasteiger partial charge is 0.390 e. The summed E-state index contributed by atoms with van der Waals surface area (Å²) >= 11 is 0.902. The first kappa shape index (κ1) is 67.3. The van der Waals surface area contributed by atoms with Gasteiger partial charge < -0.3 is 39.6 Å². The van der Waals surface area contributed by atoms with Crippen LogP contribution in [0, 0.1) is 0 Å². The number of carbonyl (C=O) groups is 2. The number of nitrogens with one attached hydrogen (secondary N) is 2. The molecule has 6 atom stereocenters. The molecule has 32 heteroatoms. The molecule has 0 radical (unpaired) electrons. The number of carbonyl (C=O) groups excluding carboxylic acids is 2. The van der Waals surface area contributed by atoms with E-state index in [2.05, 4.69) is 69.1 Å². The van der Waals surface area contributed by atoms with E-state index in [1.807, 2.05) is 56.4 Å². The zero-order valence-electron chi connectivity index (χ0n) is 46.0. The number of ether oxygens (including phenoxy) is 1. The Kier molecular flexibility index (Phi) is 23.2. The van der Waals surface area contributed by atoms with Crippen LogP contribution in [0.2, 0.25) is 0 Å². The Morgan fingerprint density at radius 1 is 0.916 bits per heavy atom. The molecule has 9 N–H and O–H groups in total. The molecular formula is C51H69N5O22P3S2+. The van der Waals surface area contributed by atoms with Crippen molar-refractivity contribution in [3.05, 3.63) is 122 Å². The van der Waals surface area contributed by atoms with E-state index in [-0.39, 0.29) is 47.0 Å². The molecule has 6 rings (SSSR count). The second kappa shape index (κ2) is 28.6. The number of unbranched alkanes of at least 4 members (excludes halogenated alkanes) is 3. The molecule has 27 nitrogen and oxygen atoms in total. The Labute approximate surface area is 482 Å². The van der Waals surface area contributed by atoms with Gasteiger partial charge in [0, 0.05) is 84.4 Å². The fourth-order valence-electron chi connectivity index (χ4n) is 10.3. The first-order valence-electron chi connectivity index (χ1n) is 26.2. The summed E-state index contributed by atoms with van der Waals surface area (Å²) in [5, 5.41) is 25.6. The number of anilines is 1. The first-order valence-corrected chi connectivity index (χ1v) is 33.0. The van der Waals surface area contributed by atoms with Crippen LogP contribution in [0.5, 0.6) is 0 Å². The largest absolute Gasteiger partial charge is 0.490 e. The predicted molar refractivity (Wildman–Crippen MR) is 303 cm³/mol. The van der Waals surface area contributed by atoms with Gasteiger partial charge in [-0.05, 0) is 102 Å². The number of aliphatic hydroxyl groups is 1. The van der Waals surface area contributed by atoms with Crippen LogP contribution in [0.25, 0.3) is 6.08 Å². The Balaban J connectivity index is 0.959. The molecule has 2 aromatic carbocycles. The van der Waals surface area contributed by atoms with Crippen molar-refractivity contribution in [3.63, 3.8) is 0 Å². The lowest BCUT2D eigenvalue weighted by Gasteiger charge is -2.30. The van der Waals surface area contributed by atoms with Crippen LogP contribution in [0.15, 0.2) is 104 Å². The lowest BCUT2D eigenvalue weighted by Crippen LogP contribution is -2.33. The molecule has 3 aromatic rings. The molecule has 0 saturated carbocycles. The summed E-state index contributed by atoms with van der Waals surface area (Å²) in [4.78, 5) is 92.3. The van der Waals surface area contributed by atoms with Gasteiger partial charge >= 0.3 is 29.2 Å². The minimum Gasteiger partial charge on any atom is -0.390 e. The van der Waals surface area contributed by atoms with Gasteiger partial charge in [0.15, 0.2) is 5.71 Å². The van der Waals surface area contributed by atoms with Gasteiger partial charge in [0.05, 0.1) is 40.6 Å². The van der Waals surface area contributed by atoms with Crippen molar-refractivity contribution < 1.29 is 98.0 Å². The van der Waals surface area contributed by atoms with E-state index in [0.717, 1.165) is 68.2 Å². The molecule has 1 saturated heterocycles. The third-order valence-electron chi connectivity index (χ3n) is 14.2. The molecule has 1 aromatic heterocycles. The molecule has 3 aliphatic rings. The van der Waals surface area contributed by atoms with Gasteiger partial charge in [0.25, 0.3) is 15.7 Å². The van der Waals surface area contributed by atoms with Crippen molar-refractivity contribution >= 4 is 80.5 Å². The highest BCUT2D eigenvalue weighted by Crippen LogP contribution is 2.66. The number of hydrogen-bond donors (Lipinski definition) is 9. The quantitative estimate of drug-likeness (QED) is 0.00445. The van der Waals surface area contributed by atoms with Crippen molar-refractivity contribution in [2.75, 3.05) is 31.1 Å². The van der Waals surface area contributed by atoms with Gasteiger partial charge in [-0.1, -0.05) is 48.3 Å². The first-order chi connectivity index (χ1) is 38.9. The second-order valence-electron chi connectivity index (χ2n) is 20.3. The zero-order chi connectivity index (χ0) is 61.1. The highest BCUT2D eigenvalue weighted by Gasteiger charge is 2.46. The number of likely N-dealkylation sites (N-methyl/N-ethyl adjacent to an activating group) is 1. The third kappa shape index (κ3) is 17.9. The number of phosphoric ester groups is 1. The highest BCUT2D eigenvalue weighted by molar-refractivity contribution is 7.94. The maximum Gasteiger partial charge on any atom is 0.490 e. The minimum absolute atomic E-state index is 0.0109. The van der Waals surface area contributed by atoms with Crippen molar-refractivity contribution in [2.45, 2.75) is 138 Å². The predicted octanol–water partition coefficient (Wildman–Crippen LogP) is 7.30. The number of aliphatic hydroxyl groups excluding tert-OH is 1. The van der Waals surface area contributed by atoms with E-state index in [1.165, 1.54) is 24.3 Å². The number of amides is 1.